The van der Waals surface area contributed by atoms with Gasteiger partial charge in [-0.05, 0) is 12.8 Å². The minimum atomic E-state index is -1.10. The number of rotatable bonds is 9. The molecule has 0 amide bonds. The van der Waals surface area contributed by atoms with E-state index < -0.39 is 29.9 Å². The van der Waals surface area contributed by atoms with Crippen LogP contribution in [-0.4, -0.2) is 42.0 Å². The summed E-state index contributed by atoms with van der Waals surface area (Å²) in [6, 6.07) is 0. The van der Waals surface area contributed by atoms with E-state index in [1.54, 1.807) is 0 Å². The van der Waals surface area contributed by atoms with Crippen LogP contribution in [0.5, 0.6) is 0 Å². The SMILES string of the molecule is COC(=O)CCCCCC[C@@H]1C(=O)C[C@H](OC(C)=O)[C@H]1C(=O)O. The Balaban J connectivity index is 2.41. The summed E-state index contributed by atoms with van der Waals surface area (Å²) in [6.45, 7) is 1.21. The zero-order valence-electron chi connectivity index (χ0n) is 13.6. The van der Waals surface area contributed by atoms with E-state index in [0.717, 1.165) is 12.8 Å². The average molecular weight is 328 g/mol. The van der Waals surface area contributed by atoms with Gasteiger partial charge in [-0.2, -0.15) is 0 Å². The van der Waals surface area contributed by atoms with Crippen molar-refractivity contribution in [3.63, 3.8) is 0 Å². The van der Waals surface area contributed by atoms with Crippen LogP contribution in [0, 0.1) is 11.8 Å². The molecule has 1 aliphatic rings. The molecule has 23 heavy (non-hydrogen) atoms. The van der Waals surface area contributed by atoms with E-state index in [2.05, 4.69) is 4.74 Å². The highest BCUT2D eigenvalue weighted by Crippen LogP contribution is 2.35. The summed E-state index contributed by atoms with van der Waals surface area (Å²) in [5, 5.41) is 9.32. The number of aliphatic carboxylic acids is 1. The maximum absolute atomic E-state index is 12.0. The lowest BCUT2D eigenvalue weighted by Gasteiger charge is -2.19. The zero-order chi connectivity index (χ0) is 17.4. The fraction of sp³-hybridized carbons (Fsp3) is 0.750. The minimum Gasteiger partial charge on any atom is -0.481 e. The van der Waals surface area contributed by atoms with Crippen molar-refractivity contribution in [2.24, 2.45) is 11.8 Å². The van der Waals surface area contributed by atoms with Crippen LogP contribution in [0.2, 0.25) is 0 Å². The van der Waals surface area contributed by atoms with Gasteiger partial charge < -0.3 is 14.6 Å². The first-order chi connectivity index (χ1) is 10.9. The largest absolute Gasteiger partial charge is 0.481 e. The number of carbonyl (C=O) groups is 4. The molecular weight excluding hydrogens is 304 g/mol. The molecule has 1 rings (SSSR count). The molecule has 1 N–H and O–H groups in total. The molecule has 0 aromatic heterocycles. The summed E-state index contributed by atoms with van der Waals surface area (Å²) < 4.78 is 9.52. The Morgan fingerprint density at radius 1 is 1.17 bits per heavy atom. The van der Waals surface area contributed by atoms with Crippen molar-refractivity contribution in [3.05, 3.63) is 0 Å². The van der Waals surface area contributed by atoms with Gasteiger partial charge in [0.15, 0.2) is 0 Å². The fourth-order valence-corrected chi connectivity index (χ4v) is 3.03. The number of ether oxygens (including phenoxy) is 2. The molecule has 7 nitrogen and oxygen atoms in total. The van der Waals surface area contributed by atoms with Crippen molar-refractivity contribution in [2.75, 3.05) is 7.11 Å². The molecule has 1 saturated carbocycles. The van der Waals surface area contributed by atoms with Crippen molar-refractivity contribution >= 4 is 23.7 Å². The molecule has 0 aromatic rings. The predicted molar refractivity (Wildman–Crippen MR) is 79.5 cm³/mol. The third-order valence-electron chi connectivity index (χ3n) is 4.13. The van der Waals surface area contributed by atoms with Gasteiger partial charge in [0.05, 0.1) is 7.11 Å². The van der Waals surface area contributed by atoms with E-state index >= 15 is 0 Å². The highest BCUT2D eigenvalue weighted by molar-refractivity contribution is 5.91. The summed E-state index contributed by atoms with van der Waals surface area (Å²) in [7, 11) is 1.35. The summed E-state index contributed by atoms with van der Waals surface area (Å²) in [6.07, 6.45) is 2.99. The van der Waals surface area contributed by atoms with Crippen LogP contribution in [0.25, 0.3) is 0 Å². The van der Waals surface area contributed by atoms with E-state index in [1.807, 2.05) is 0 Å². The Labute approximate surface area is 135 Å². The highest BCUT2D eigenvalue weighted by Gasteiger charge is 2.48. The standard InChI is InChI=1S/C16H24O7/c1-10(17)23-13-9-12(18)11(15(13)16(20)21)7-5-3-4-6-8-14(19)22-2/h11,13,15H,3-9H2,1-2H3,(H,20,21)/t11-,13+,15+/m1/s1. The summed E-state index contributed by atoms with van der Waals surface area (Å²) in [5.41, 5.74) is 0. The van der Waals surface area contributed by atoms with Crippen LogP contribution in [0.4, 0.5) is 0 Å². The second kappa shape index (κ2) is 9.27. The molecule has 130 valence electrons. The molecule has 0 aromatic carbocycles. The van der Waals surface area contributed by atoms with Crippen LogP contribution in [0.15, 0.2) is 0 Å². The van der Waals surface area contributed by atoms with Gasteiger partial charge in [-0.15, -0.1) is 0 Å². The first-order valence-corrected chi connectivity index (χ1v) is 7.86. The van der Waals surface area contributed by atoms with Gasteiger partial charge in [0.1, 0.15) is 17.8 Å². The van der Waals surface area contributed by atoms with Gasteiger partial charge in [0, 0.05) is 25.7 Å². The zero-order valence-corrected chi connectivity index (χ0v) is 13.6. The number of unbranched alkanes of at least 4 members (excludes halogenated alkanes) is 3. The third-order valence-corrected chi connectivity index (χ3v) is 4.13. The first-order valence-electron chi connectivity index (χ1n) is 7.86. The normalized spacial score (nSPS) is 23.6. The lowest BCUT2D eigenvalue weighted by molar-refractivity contribution is -0.156. The number of carbonyl (C=O) groups excluding carboxylic acids is 3. The Morgan fingerprint density at radius 2 is 1.83 bits per heavy atom. The fourth-order valence-electron chi connectivity index (χ4n) is 3.03. The number of Topliss-reactive ketones (excluding diaryl/α,β-unsaturated/α-hetero) is 1. The number of hydrogen-bond donors (Lipinski definition) is 1. The molecule has 3 atom stereocenters. The van der Waals surface area contributed by atoms with Crippen LogP contribution in [-0.2, 0) is 28.7 Å². The first kappa shape index (κ1) is 19.1. The number of esters is 2. The van der Waals surface area contributed by atoms with Gasteiger partial charge in [0.25, 0.3) is 0 Å². The number of carboxylic acids is 1. The lowest BCUT2D eigenvalue weighted by atomic mass is 9.89. The second-order valence-corrected chi connectivity index (χ2v) is 5.82. The van der Waals surface area contributed by atoms with Crippen molar-refractivity contribution in [3.8, 4) is 0 Å². The topological polar surface area (TPSA) is 107 Å². The maximum atomic E-state index is 12.0. The van der Waals surface area contributed by atoms with E-state index in [0.29, 0.717) is 25.7 Å². The van der Waals surface area contributed by atoms with Gasteiger partial charge in [-0.3, -0.25) is 19.2 Å². The minimum absolute atomic E-state index is 0.0243. The number of carboxylic acid groups (broad SMARTS) is 1. The smallest absolute Gasteiger partial charge is 0.311 e. The lowest BCUT2D eigenvalue weighted by Crippen LogP contribution is -2.31. The Bertz CT molecular complexity index is 457. The van der Waals surface area contributed by atoms with Gasteiger partial charge in [-0.25, -0.2) is 0 Å². The van der Waals surface area contributed by atoms with Crippen LogP contribution < -0.4 is 0 Å². The maximum Gasteiger partial charge on any atom is 0.311 e. The van der Waals surface area contributed by atoms with Crippen molar-refractivity contribution in [1.29, 1.82) is 0 Å². The van der Waals surface area contributed by atoms with E-state index in [9.17, 15) is 24.3 Å². The molecule has 0 heterocycles. The van der Waals surface area contributed by atoms with Crippen molar-refractivity contribution in [1.82, 2.24) is 0 Å². The third kappa shape index (κ3) is 6.00. The van der Waals surface area contributed by atoms with E-state index in [1.165, 1.54) is 14.0 Å². The van der Waals surface area contributed by atoms with Crippen LogP contribution >= 0.6 is 0 Å². The van der Waals surface area contributed by atoms with Gasteiger partial charge >= 0.3 is 17.9 Å². The Hall–Kier alpha value is -1.92. The number of ketones is 1. The van der Waals surface area contributed by atoms with Crippen molar-refractivity contribution < 1.29 is 33.8 Å². The Morgan fingerprint density at radius 3 is 2.39 bits per heavy atom. The van der Waals surface area contributed by atoms with Crippen LogP contribution in [0.1, 0.15) is 51.9 Å². The monoisotopic (exact) mass is 328 g/mol. The summed E-state index contributed by atoms with van der Waals surface area (Å²) >= 11 is 0. The molecule has 1 fully saturated rings. The molecule has 0 aliphatic heterocycles. The molecule has 0 unspecified atom stereocenters. The summed E-state index contributed by atoms with van der Waals surface area (Å²) in [4.78, 5) is 45.4. The highest BCUT2D eigenvalue weighted by atomic mass is 16.5. The number of methoxy groups -OCH3 is 1. The van der Waals surface area contributed by atoms with Gasteiger partial charge in [0.2, 0.25) is 0 Å². The molecule has 0 radical (unpaired) electrons. The van der Waals surface area contributed by atoms with Crippen molar-refractivity contribution in [2.45, 2.75) is 58.0 Å². The van der Waals surface area contributed by atoms with E-state index in [-0.39, 0.29) is 18.2 Å². The van der Waals surface area contributed by atoms with E-state index in [4.69, 9.17) is 4.74 Å². The molecule has 0 saturated heterocycles. The molecule has 0 bridgehead atoms. The predicted octanol–water partition coefficient (Wildman–Crippen LogP) is 1.72. The quantitative estimate of drug-likeness (QED) is 0.507. The molecular formula is C16H24O7. The molecule has 0 spiro atoms. The average Bonchev–Trinajstić information content (AvgIpc) is 2.77. The second-order valence-electron chi connectivity index (χ2n) is 5.82. The summed E-state index contributed by atoms with van der Waals surface area (Å²) in [5.74, 6) is -3.63. The molecule has 7 heteroatoms. The molecule has 1 aliphatic carbocycles. The van der Waals surface area contributed by atoms with Crippen LogP contribution in [0.3, 0.4) is 0 Å². The number of hydrogen-bond acceptors (Lipinski definition) is 6. The Kier molecular flexibility index (Phi) is 7.71. The van der Waals surface area contributed by atoms with Gasteiger partial charge in [-0.1, -0.05) is 19.3 Å².